The lowest BCUT2D eigenvalue weighted by Gasteiger charge is -2.02. The van der Waals surface area contributed by atoms with E-state index in [1.165, 1.54) is 22.2 Å². The molecule has 0 unspecified atom stereocenters. The van der Waals surface area contributed by atoms with Crippen LogP contribution in [0.1, 0.15) is 5.69 Å². The van der Waals surface area contributed by atoms with Gasteiger partial charge in [-0.15, -0.1) is 11.3 Å². The van der Waals surface area contributed by atoms with Gasteiger partial charge in [0.05, 0.1) is 24.7 Å². The van der Waals surface area contributed by atoms with Crippen LogP contribution in [-0.2, 0) is 13.6 Å². The molecule has 0 aliphatic heterocycles. The second-order valence-electron chi connectivity index (χ2n) is 4.84. The summed E-state index contributed by atoms with van der Waals surface area (Å²) in [6, 6.07) is 1.86. The van der Waals surface area contributed by atoms with Gasteiger partial charge in [-0.1, -0.05) is 0 Å². The van der Waals surface area contributed by atoms with Gasteiger partial charge >= 0.3 is 0 Å². The van der Waals surface area contributed by atoms with E-state index in [-0.39, 0.29) is 5.56 Å². The molecule has 0 aliphatic rings. The van der Waals surface area contributed by atoms with Crippen molar-refractivity contribution in [2.24, 2.45) is 7.05 Å². The van der Waals surface area contributed by atoms with Crippen LogP contribution < -0.4 is 5.56 Å². The molecule has 110 valence electrons. The van der Waals surface area contributed by atoms with Crippen LogP contribution >= 0.6 is 11.3 Å². The number of aryl methyl sites for hydroxylation is 1. The topological polar surface area (TPSA) is 78.7 Å². The maximum atomic E-state index is 12.4. The smallest absolute Gasteiger partial charge is 0.264 e. The highest BCUT2D eigenvalue weighted by Gasteiger charge is 2.10. The number of aromatic nitrogens is 5. The Morgan fingerprint density at radius 1 is 1.41 bits per heavy atom. The van der Waals surface area contributed by atoms with Crippen LogP contribution in [0.4, 0.5) is 0 Å². The number of hydrogen-bond acceptors (Lipinski definition) is 6. The van der Waals surface area contributed by atoms with Crippen LogP contribution in [0, 0.1) is 0 Å². The second kappa shape index (κ2) is 4.92. The number of furan rings is 1. The van der Waals surface area contributed by atoms with E-state index in [9.17, 15) is 4.79 Å². The molecule has 0 radical (unpaired) electrons. The van der Waals surface area contributed by atoms with Gasteiger partial charge in [0.1, 0.15) is 23.0 Å². The first-order valence-corrected chi connectivity index (χ1v) is 7.44. The fraction of sp³-hybridized carbons (Fsp3) is 0.143. The average molecular weight is 313 g/mol. The standard InChI is InChI=1S/C14H11N5O2S/c1-18-12-11(4-16-18)14(20)19(8-15-12)5-10-7-22-13(17-10)9-2-3-21-6-9/h2-4,6-8H,5H2,1H3. The molecule has 0 fully saturated rings. The molecule has 4 rings (SSSR count). The van der Waals surface area contributed by atoms with Crippen LogP contribution in [0.25, 0.3) is 21.6 Å². The molecule has 7 nitrogen and oxygen atoms in total. The Morgan fingerprint density at radius 3 is 3.14 bits per heavy atom. The zero-order valence-electron chi connectivity index (χ0n) is 11.6. The molecule has 0 saturated carbocycles. The lowest BCUT2D eigenvalue weighted by Crippen LogP contribution is -2.21. The number of nitrogens with zero attached hydrogens (tertiary/aromatic N) is 5. The molecule has 8 heteroatoms. The predicted octanol–water partition coefficient (Wildman–Crippen LogP) is 1.89. The summed E-state index contributed by atoms with van der Waals surface area (Å²) >= 11 is 1.52. The number of fused-ring (bicyclic) bond motifs is 1. The Bertz CT molecular complexity index is 996. The van der Waals surface area contributed by atoms with E-state index in [4.69, 9.17) is 4.42 Å². The summed E-state index contributed by atoms with van der Waals surface area (Å²) in [5.74, 6) is 0. The quantitative estimate of drug-likeness (QED) is 0.577. The van der Waals surface area contributed by atoms with Gasteiger partial charge in [-0.25, -0.2) is 9.97 Å². The lowest BCUT2D eigenvalue weighted by atomic mass is 10.3. The normalized spacial score (nSPS) is 11.3. The molecule has 0 amide bonds. The molecule has 0 aliphatic carbocycles. The Hall–Kier alpha value is -2.74. The molecule has 0 aromatic carbocycles. The van der Waals surface area contributed by atoms with Gasteiger partial charge < -0.3 is 4.42 Å². The van der Waals surface area contributed by atoms with Crippen LogP contribution in [0.2, 0.25) is 0 Å². The van der Waals surface area contributed by atoms with E-state index in [0.29, 0.717) is 17.6 Å². The van der Waals surface area contributed by atoms with Crippen molar-refractivity contribution < 1.29 is 4.42 Å². The first-order valence-electron chi connectivity index (χ1n) is 6.56. The second-order valence-corrected chi connectivity index (χ2v) is 5.70. The van der Waals surface area contributed by atoms with E-state index in [1.807, 2.05) is 11.4 Å². The number of thiazole rings is 1. The minimum Gasteiger partial charge on any atom is -0.472 e. The highest BCUT2D eigenvalue weighted by Crippen LogP contribution is 2.24. The molecule has 4 aromatic heterocycles. The SMILES string of the molecule is Cn1ncc2c(=O)n(Cc3csc(-c4ccoc4)n3)cnc21. The Labute approximate surface area is 128 Å². The highest BCUT2D eigenvalue weighted by atomic mass is 32.1. The van der Waals surface area contributed by atoms with Gasteiger partial charge in [0.25, 0.3) is 5.56 Å². The summed E-state index contributed by atoms with van der Waals surface area (Å²) in [5, 5.41) is 7.37. The Kier molecular flexibility index (Phi) is 2.90. The molecule has 0 N–H and O–H groups in total. The summed E-state index contributed by atoms with van der Waals surface area (Å²) in [5.41, 5.74) is 2.22. The van der Waals surface area contributed by atoms with E-state index in [1.54, 1.807) is 30.5 Å². The van der Waals surface area contributed by atoms with Gasteiger partial charge in [-0.3, -0.25) is 14.0 Å². The van der Waals surface area contributed by atoms with Gasteiger partial charge in [-0.05, 0) is 6.07 Å². The average Bonchev–Trinajstić information content (AvgIpc) is 3.23. The van der Waals surface area contributed by atoms with Crippen molar-refractivity contribution in [3.05, 3.63) is 52.5 Å². The van der Waals surface area contributed by atoms with Gasteiger partial charge in [0, 0.05) is 18.0 Å². The number of rotatable bonds is 3. The third kappa shape index (κ3) is 2.04. The van der Waals surface area contributed by atoms with Crippen LogP contribution in [0.5, 0.6) is 0 Å². The molecular formula is C14H11N5O2S. The third-order valence-corrected chi connectivity index (χ3v) is 4.31. The molecule has 0 bridgehead atoms. The summed E-state index contributed by atoms with van der Waals surface area (Å²) in [7, 11) is 1.76. The third-order valence-electron chi connectivity index (χ3n) is 3.37. The fourth-order valence-electron chi connectivity index (χ4n) is 2.25. The van der Waals surface area contributed by atoms with E-state index >= 15 is 0 Å². The zero-order chi connectivity index (χ0) is 15.1. The van der Waals surface area contributed by atoms with Crippen molar-refractivity contribution in [1.29, 1.82) is 0 Å². The van der Waals surface area contributed by atoms with E-state index < -0.39 is 0 Å². The van der Waals surface area contributed by atoms with Crippen molar-refractivity contribution >= 4 is 22.4 Å². The molecule has 4 heterocycles. The summed E-state index contributed by atoms with van der Waals surface area (Å²) in [4.78, 5) is 21.2. The number of hydrogen-bond donors (Lipinski definition) is 0. The summed E-state index contributed by atoms with van der Waals surface area (Å²) in [6.45, 7) is 0.380. The monoisotopic (exact) mass is 313 g/mol. The molecule has 22 heavy (non-hydrogen) atoms. The predicted molar refractivity (Wildman–Crippen MR) is 81.7 cm³/mol. The first kappa shape index (κ1) is 13.0. The Morgan fingerprint density at radius 2 is 2.32 bits per heavy atom. The molecular weight excluding hydrogens is 302 g/mol. The fourth-order valence-corrected chi connectivity index (χ4v) is 3.05. The van der Waals surface area contributed by atoms with Crippen molar-refractivity contribution in [2.75, 3.05) is 0 Å². The maximum Gasteiger partial charge on any atom is 0.264 e. The molecule has 4 aromatic rings. The van der Waals surface area contributed by atoms with Crippen molar-refractivity contribution in [1.82, 2.24) is 24.3 Å². The van der Waals surface area contributed by atoms with Crippen LogP contribution in [0.3, 0.4) is 0 Å². The maximum absolute atomic E-state index is 12.4. The van der Waals surface area contributed by atoms with Crippen molar-refractivity contribution in [3.8, 4) is 10.6 Å². The van der Waals surface area contributed by atoms with Crippen LogP contribution in [-0.4, -0.2) is 24.3 Å². The van der Waals surface area contributed by atoms with E-state index in [2.05, 4.69) is 15.1 Å². The Balaban J connectivity index is 1.69. The van der Waals surface area contributed by atoms with Gasteiger partial charge in [-0.2, -0.15) is 5.10 Å². The van der Waals surface area contributed by atoms with Crippen molar-refractivity contribution in [2.45, 2.75) is 6.54 Å². The molecule has 0 atom stereocenters. The molecule has 0 spiro atoms. The first-order chi connectivity index (χ1) is 10.7. The lowest BCUT2D eigenvalue weighted by molar-refractivity contribution is 0.568. The minimum absolute atomic E-state index is 0.115. The summed E-state index contributed by atoms with van der Waals surface area (Å²) < 4.78 is 8.18. The van der Waals surface area contributed by atoms with Crippen LogP contribution in [0.15, 0.2) is 45.7 Å². The van der Waals surface area contributed by atoms with Gasteiger partial charge in [0.15, 0.2) is 5.65 Å². The summed E-state index contributed by atoms with van der Waals surface area (Å²) in [6.07, 6.45) is 6.33. The minimum atomic E-state index is -0.115. The zero-order valence-corrected chi connectivity index (χ0v) is 12.4. The van der Waals surface area contributed by atoms with Crippen molar-refractivity contribution in [3.63, 3.8) is 0 Å². The largest absolute Gasteiger partial charge is 0.472 e. The van der Waals surface area contributed by atoms with E-state index in [0.717, 1.165) is 16.3 Å². The van der Waals surface area contributed by atoms with Gasteiger partial charge in [0.2, 0.25) is 0 Å². The molecule has 0 saturated heterocycles. The highest BCUT2D eigenvalue weighted by molar-refractivity contribution is 7.13.